The Morgan fingerprint density at radius 2 is 1.58 bits per heavy atom. The van der Waals surface area contributed by atoms with Gasteiger partial charge in [0.15, 0.2) is 0 Å². The molecule has 3 aromatic rings. The predicted molar refractivity (Wildman–Crippen MR) is 130 cm³/mol. The summed E-state index contributed by atoms with van der Waals surface area (Å²) in [5.41, 5.74) is 5.94. The molecular formula is C27H33N3O. The molecule has 4 rings (SSSR count). The molecule has 0 aliphatic carbocycles. The van der Waals surface area contributed by atoms with Crippen molar-refractivity contribution in [3.63, 3.8) is 0 Å². The number of hydrogen-bond donors (Lipinski definition) is 2. The van der Waals surface area contributed by atoms with Gasteiger partial charge < -0.3 is 20.2 Å². The SMILES string of the molecule is CN1CCN(c2ccc(CNc3cccc(CCC(O)c4ccccc4)c3)cc2)CC1. The van der Waals surface area contributed by atoms with E-state index in [-0.39, 0.29) is 0 Å². The largest absolute Gasteiger partial charge is 0.388 e. The topological polar surface area (TPSA) is 38.7 Å². The maximum atomic E-state index is 10.4. The molecule has 1 unspecified atom stereocenters. The minimum atomic E-state index is -0.420. The summed E-state index contributed by atoms with van der Waals surface area (Å²) in [5, 5.41) is 14.0. The number of benzene rings is 3. The van der Waals surface area contributed by atoms with Gasteiger partial charge in [0.05, 0.1) is 6.10 Å². The molecule has 0 spiro atoms. The molecule has 0 bridgehead atoms. The monoisotopic (exact) mass is 415 g/mol. The fraction of sp³-hybridized carbons (Fsp3) is 0.333. The van der Waals surface area contributed by atoms with Crippen molar-refractivity contribution in [1.29, 1.82) is 0 Å². The molecule has 1 aliphatic rings. The number of likely N-dealkylation sites (N-methyl/N-ethyl adjacent to an activating group) is 1. The number of nitrogens with one attached hydrogen (secondary N) is 1. The maximum Gasteiger partial charge on any atom is 0.0793 e. The molecule has 1 saturated heterocycles. The molecule has 4 heteroatoms. The third-order valence-corrected chi connectivity index (χ3v) is 6.12. The fourth-order valence-corrected chi connectivity index (χ4v) is 4.08. The lowest BCUT2D eigenvalue weighted by molar-refractivity contribution is 0.168. The quantitative estimate of drug-likeness (QED) is 0.559. The highest BCUT2D eigenvalue weighted by atomic mass is 16.3. The van der Waals surface area contributed by atoms with E-state index in [1.54, 1.807) is 0 Å². The third kappa shape index (κ3) is 6.09. The standard InChI is InChI=1S/C27H33N3O/c1-29-16-18-30(19-17-29)26-13-10-23(11-14-26)21-28-25-9-5-6-22(20-25)12-15-27(31)24-7-3-2-4-8-24/h2-11,13-14,20,27-28,31H,12,15-19,21H2,1H3. The van der Waals surface area contributed by atoms with E-state index in [9.17, 15) is 5.11 Å². The van der Waals surface area contributed by atoms with E-state index in [0.717, 1.165) is 56.8 Å². The van der Waals surface area contributed by atoms with Gasteiger partial charge in [-0.3, -0.25) is 0 Å². The van der Waals surface area contributed by atoms with E-state index in [1.807, 2.05) is 30.3 Å². The Labute approximate surface area is 186 Å². The van der Waals surface area contributed by atoms with Crippen LogP contribution in [0, 0.1) is 0 Å². The number of aryl methyl sites for hydroxylation is 1. The summed E-state index contributed by atoms with van der Waals surface area (Å²) in [7, 11) is 2.19. The van der Waals surface area contributed by atoms with Crippen molar-refractivity contribution in [2.45, 2.75) is 25.5 Å². The number of anilines is 2. The summed E-state index contributed by atoms with van der Waals surface area (Å²) in [4.78, 5) is 4.84. The van der Waals surface area contributed by atoms with E-state index in [2.05, 4.69) is 70.7 Å². The van der Waals surface area contributed by atoms with Gasteiger partial charge in [-0.2, -0.15) is 0 Å². The van der Waals surface area contributed by atoms with Crippen LogP contribution in [0.1, 0.15) is 29.2 Å². The van der Waals surface area contributed by atoms with Crippen molar-refractivity contribution in [2.75, 3.05) is 43.4 Å². The van der Waals surface area contributed by atoms with Gasteiger partial charge in [0.2, 0.25) is 0 Å². The van der Waals surface area contributed by atoms with Crippen molar-refractivity contribution in [1.82, 2.24) is 4.90 Å². The van der Waals surface area contributed by atoms with E-state index in [0.29, 0.717) is 0 Å². The lowest BCUT2D eigenvalue weighted by atomic mass is 10.0. The Morgan fingerprint density at radius 1 is 0.839 bits per heavy atom. The van der Waals surface area contributed by atoms with Crippen LogP contribution in [0.4, 0.5) is 11.4 Å². The van der Waals surface area contributed by atoms with Crippen LogP contribution in [-0.2, 0) is 13.0 Å². The van der Waals surface area contributed by atoms with Gasteiger partial charge in [0.25, 0.3) is 0 Å². The van der Waals surface area contributed by atoms with Gasteiger partial charge in [-0.05, 0) is 60.8 Å². The summed E-state index contributed by atoms with van der Waals surface area (Å²) in [6.07, 6.45) is 1.16. The molecule has 0 aromatic heterocycles. The Bertz CT molecular complexity index is 934. The fourth-order valence-electron chi connectivity index (χ4n) is 4.08. The van der Waals surface area contributed by atoms with Gasteiger partial charge in [-0.25, -0.2) is 0 Å². The lowest BCUT2D eigenvalue weighted by Gasteiger charge is -2.34. The minimum Gasteiger partial charge on any atom is -0.388 e. The van der Waals surface area contributed by atoms with Gasteiger partial charge in [0.1, 0.15) is 0 Å². The average molecular weight is 416 g/mol. The predicted octanol–water partition coefficient (Wildman–Crippen LogP) is 4.72. The molecule has 162 valence electrons. The first-order chi connectivity index (χ1) is 15.2. The average Bonchev–Trinajstić information content (AvgIpc) is 2.83. The molecule has 0 saturated carbocycles. The second kappa shape index (κ2) is 10.5. The Hall–Kier alpha value is -2.82. The molecule has 1 atom stereocenters. The number of piperazine rings is 1. The first-order valence-corrected chi connectivity index (χ1v) is 11.3. The second-order valence-electron chi connectivity index (χ2n) is 8.48. The molecule has 31 heavy (non-hydrogen) atoms. The molecule has 2 N–H and O–H groups in total. The lowest BCUT2D eigenvalue weighted by Crippen LogP contribution is -2.44. The molecule has 0 amide bonds. The van der Waals surface area contributed by atoms with Crippen molar-refractivity contribution in [2.24, 2.45) is 0 Å². The summed E-state index contributed by atoms with van der Waals surface area (Å²) in [5.74, 6) is 0. The smallest absolute Gasteiger partial charge is 0.0793 e. The Morgan fingerprint density at radius 3 is 2.32 bits per heavy atom. The summed E-state index contributed by atoms with van der Waals surface area (Å²) in [6, 6.07) is 27.3. The summed E-state index contributed by atoms with van der Waals surface area (Å²) in [6.45, 7) is 5.25. The van der Waals surface area contributed by atoms with Crippen molar-refractivity contribution in [3.05, 3.63) is 95.6 Å². The van der Waals surface area contributed by atoms with Gasteiger partial charge in [-0.15, -0.1) is 0 Å². The van der Waals surface area contributed by atoms with Crippen LogP contribution in [-0.4, -0.2) is 43.2 Å². The molecule has 1 heterocycles. The normalized spacial score (nSPS) is 15.6. The van der Waals surface area contributed by atoms with E-state index < -0.39 is 6.10 Å². The van der Waals surface area contributed by atoms with E-state index in [4.69, 9.17) is 0 Å². The zero-order chi connectivity index (χ0) is 21.5. The molecule has 1 aliphatic heterocycles. The summed E-state index contributed by atoms with van der Waals surface area (Å²) >= 11 is 0. The molecule has 0 radical (unpaired) electrons. The van der Waals surface area contributed by atoms with Crippen LogP contribution in [0.3, 0.4) is 0 Å². The van der Waals surface area contributed by atoms with Crippen LogP contribution in [0.15, 0.2) is 78.9 Å². The van der Waals surface area contributed by atoms with Gasteiger partial charge in [-0.1, -0.05) is 54.6 Å². The number of aliphatic hydroxyl groups excluding tert-OH is 1. The number of aliphatic hydroxyl groups is 1. The highest BCUT2D eigenvalue weighted by molar-refractivity contribution is 5.50. The van der Waals surface area contributed by atoms with Crippen molar-refractivity contribution >= 4 is 11.4 Å². The molecule has 1 fully saturated rings. The van der Waals surface area contributed by atoms with Crippen molar-refractivity contribution in [3.8, 4) is 0 Å². The zero-order valence-electron chi connectivity index (χ0n) is 18.4. The van der Waals surface area contributed by atoms with Crippen LogP contribution in [0.2, 0.25) is 0 Å². The highest BCUT2D eigenvalue weighted by Gasteiger charge is 2.14. The van der Waals surface area contributed by atoms with Crippen LogP contribution < -0.4 is 10.2 Å². The molecular weight excluding hydrogens is 382 g/mol. The van der Waals surface area contributed by atoms with E-state index >= 15 is 0 Å². The summed E-state index contributed by atoms with van der Waals surface area (Å²) < 4.78 is 0. The maximum absolute atomic E-state index is 10.4. The van der Waals surface area contributed by atoms with E-state index in [1.165, 1.54) is 16.8 Å². The molecule has 4 nitrogen and oxygen atoms in total. The third-order valence-electron chi connectivity index (χ3n) is 6.12. The van der Waals surface area contributed by atoms with Crippen LogP contribution >= 0.6 is 0 Å². The zero-order valence-corrected chi connectivity index (χ0v) is 18.4. The Balaban J connectivity index is 1.28. The number of rotatable bonds is 8. The first-order valence-electron chi connectivity index (χ1n) is 11.3. The molecule has 3 aromatic carbocycles. The first kappa shape index (κ1) is 21.4. The number of hydrogen-bond acceptors (Lipinski definition) is 4. The van der Waals surface area contributed by atoms with Gasteiger partial charge >= 0.3 is 0 Å². The second-order valence-corrected chi connectivity index (χ2v) is 8.48. The van der Waals surface area contributed by atoms with Gasteiger partial charge in [0, 0.05) is 44.1 Å². The number of nitrogens with zero attached hydrogens (tertiary/aromatic N) is 2. The highest BCUT2D eigenvalue weighted by Crippen LogP contribution is 2.21. The van der Waals surface area contributed by atoms with Crippen LogP contribution in [0.5, 0.6) is 0 Å². The minimum absolute atomic E-state index is 0.420. The Kier molecular flexibility index (Phi) is 7.23. The van der Waals surface area contributed by atoms with Crippen molar-refractivity contribution < 1.29 is 5.11 Å². The van der Waals surface area contributed by atoms with Crippen LogP contribution in [0.25, 0.3) is 0 Å².